The molecule has 4 aliphatic rings. The molecule has 180 valence electrons. The maximum atomic E-state index is 13.1. The summed E-state index contributed by atoms with van der Waals surface area (Å²) in [6.45, 7) is 6.76. The van der Waals surface area contributed by atoms with Gasteiger partial charge in [0.1, 0.15) is 11.6 Å². The minimum absolute atomic E-state index is 0.0131. The van der Waals surface area contributed by atoms with Crippen LogP contribution in [0, 0.1) is 0 Å². The maximum Gasteiger partial charge on any atom is 0.410 e. The fourth-order valence-electron chi connectivity index (χ4n) is 5.38. The molecule has 5 rings (SSSR count). The average molecular weight is 469 g/mol. The lowest BCUT2D eigenvalue weighted by molar-refractivity contribution is -0.136. The van der Waals surface area contributed by atoms with Crippen molar-refractivity contribution in [1.82, 2.24) is 15.1 Å². The Bertz CT molecular complexity index is 1100. The molecule has 3 fully saturated rings. The first-order chi connectivity index (χ1) is 16.0. The number of amides is 5. The first-order valence-electron chi connectivity index (χ1n) is 11.7. The Morgan fingerprint density at radius 2 is 1.62 bits per heavy atom. The number of imide groups is 2. The number of benzene rings is 1. The van der Waals surface area contributed by atoms with Crippen molar-refractivity contribution in [1.29, 1.82) is 0 Å². The molecule has 0 saturated carbocycles. The maximum absolute atomic E-state index is 13.1. The Hall–Kier alpha value is -3.43. The van der Waals surface area contributed by atoms with Gasteiger partial charge in [0.15, 0.2) is 0 Å². The van der Waals surface area contributed by atoms with E-state index >= 15 is 0 Å². The summed E-state index contributed by atoms with van der Waals surface area (Å²) in [4.78, 5) is 67.5. The molecule has 0 aliphatic carbocycles. The van der Waals surface area contributed by atoms with Crippen LogP contribution in [0.3, 0.4) is 0 Å². The Balaban J connectivity index is 1.34. The van der Waals surface area contributed by atoms with E-state index < -0.39 is 35.3 Å². The number of rotatable bonds is 2. The van der Waals surface area contributed by atoms with Crippen LogP contribution in [0.2, 0.25) is 0 Å². The monoisotopic (exact) mass is 468 g/mol. The molecule has 0 aromatic heterocycles. The van der Waals surface area contributed by atoms with Gasteiger partial charge in [-0.25, -0.2) is 4.79 Å². The number of carbonyl (C=O) groups excluding carboxylic acids is 5. The number of piperazine rings is 1. The molecule has 4 heterocycles. The SMILES string of the molecule is CC(C)(C)OC(=O)N1[C@@H]2CC[C@H]1CN(c1ccc3c(c1)C(=O)N(C1CCC(=O)NC1=O)C3=O)C2. The van der Waals surface area contributed by atoms with Crippen molar-refractivity contribution in [3.05, 3.63) is 29.3 Å². The van der Waals surface area contributed by atoms with E-state index in [0.29, 0.717) is 13.1 Å². The second-order valence-corrected chi connectivity index (χ2v) is 10.4. The molecule has 0 spiro atoms. The Morgan fingerprint density at radius 1 is 0.971 bits per heavy atom. The van der Waals surface area contributed by atoms with E-state index in [1.807, 2.05) is 25.7 Å². The van der Waals surface area contributed by atoms with Crippen LogP contribution in [-0.2, 0) is 14.3 Å². The van der Waals surface area contributed by atoms with E-state index in [-0.39, 0.29) is 42.1 Å². The first-order valence-corrected chi connectivity index (χ1v) is 11.7. The van der Waals surface area contributed by atoms with Crippen LogP contribution in [0.5, 0.6) is 0 Å². The summed E-state index contributed by atoms with van der Waals surface area (Å²) in [5.41, 5.74) is 0.753. The second kappa shape index (κ2) is 7.82. The van der Waals surface area contributed by atoms with Crippen LogP contribution in [-0.4, -0.2) is 76.3 Å². The minimum Gasteiger partial charge on any atom is -0.444 e. The quantitative estimate of drug-likeness (QED) is 0.657. The number of hydrogen-bond donors (Lipinski definition) is 1. The van der Waals surface area contributed by atoms with Gasteiger partial charge in [0.05, 0.1) is 23.2 Å². The van der Waals surface area contributed by atoms with Gasteiger partial charge in [0.25, 0.3) is 11.8 Å². The third-order valence-electron chi connectivity index (χ3n) is 6.87. The number of piperidine rings is 1. The van der Waals surface area contributed by atoms with E-state index in [4.69, 9.17) is 4.74 Å². The van der Waals surface area contributed by atoms with E-state index in [2.05, 4.69) is 10.2 Å². The average Bonchev–Trinajstić information content (AvgIpc) is 3.16. The van der Waals surface area contributed by atoms with Gasteiger partial charge in [-0.2, -0.15) is 0 Å². The lowest BCUT2D eigenvalue weighted by Crippen LogP contribution is -2.56. The fraction of sp³-hybridized carbons (Fsp3) is 0.542. The van der Waals surface area contributed by atoms with E-state index in [1.54, 1.807) is 18.2 Å². The number of carbonyl (C=O) groups is 5. The molecular formula is C24H28N4O6. The number of ether oxygens (including phenoxy) is 1. The van der Waals surface area contributed by atoms with Gasteiger partial charge >= 0.3 is 6.09 Å². The van der Waals surface area contributed by atoms with Gasteiger partial charge in [-0.1, -0.05) is 0 Å². The summed E-state index contributed by atoms with van der Waals surface area (Å²) in [6, 6.07) is 4.17. The summed E-state index contributed by atoms with van der Waals surface area (Å²) in [6.07, 6.45) is 1.67. The lowest BCUT2D eigenvalue weighted by atomic mass is 10.0. The zero-order valence-corrected chi connectivity index (χ0v) is 19.5. The van der Waals surface area contributed by atoms with E-state index in [9.17, 15) is 24.0 Å². The number of nitrogens with zero attached hydrogens (tertiary/aromatic N) is 3. The second-order valence-electron chi connectivity index (χ2n) is 10.4. The molecule has 34 heavy (non-hydrogen) atoms. The zero-order chi connectivity index (χ0) is 24.4. The van der Waals surface area contributed by atoms with Gasteiger partial charge in [-0.05, 0) is 58.2 Å². The summed E-state index contributed by atoms with van der Waals surface area (Å²) in [7, 11) is 0. The normalized spacial score (nSPS) is 26.7. The summed E-state index contributed by atoms with van der Waals surface area (Å²) < 4.78 is 5.60. The number of nitrogens with one attached hydrogen (secondary N) is 1. The largest absolute Gasteiger partial charge is 0.444 e. The van der Waals surface area contributed by atoms with Crippen molar-refractivity contribution < 1.29 is 28.7 Å². The predicted molar refractivity (Wildman–Crippen MR) is 120 cm³/mol. The topological polar surface area (TPSA) is 116 Å². The van der Waals surface area contributed by atoms with Crippen LogP contribution in [0.1, 0.15) is 67.2 Å². The molecule has 10 heteroatoms. The van der Waals surface area contributed by atoms with Crippen LogP contribution in [0.25, 0.3) is 0 Å². The highest BCUT2D eigenvalue weighted by atomic mass is 16.6. The molecular weight excluding hydrogens is 440 g/mol. The Morgan fingerprint density at radius 3 is 2.24 bits per heavy atom. The van der Waals surface area contributed by atoms with Crippen molar-refractivity contribution >= 4 is 35.4 Å². The minimum atomic E-state index is -0.984. The molecule has 5 amide bonds. The fourth-order valence-corrected chi connectivity index (χ4v) is 5.38. The van der Waals surface area contributed by atoms with Crippen molar-refractivity contribution in [3.8, 4) is 0 Å². The smallest absolute Gasteiger partial charge is 0.410 e. The van der Waals surface area contributed by atoms with Gasteiger partial charge in [-0.15, -0.1) is 0 Å². The Labute approximate surface area is 197 Å². The lowest BCUT2D eigenvalue weighted by Gasteiger charge is -2.42. The van der Waals surface area contributed by atoms with Crippen molar-refractivity contribution in [2.24, 2.45) is 0 Å². The third kappa shape index (κ3) is 3.70. The van der Waals surface area contributed by atoms with Crippen molar-refractivity contribution in [2.45, 2.75) is 70.2 Å². The highest BCUT2D eigenvalue weighted by Gasteiger charge is 2.47. The van der Waals surface area contributed by atoms with Crippen molar-refractivity contribution in [2.75, 3.05) is 18.0 Å². The zero-order valence-electron chi connectivity index (χ0n) is 19.5. The number of fused-ring (bicyclic) bond motifs is 3. The molecule has 2 bridgehead atoms. The highest BCUT2D eigenvalue weighted by Crippen LogP contribution is 2.36. The standard InChI is InChI=1S/C24H28N4O6/c1-24(2,3)34-23(33)27-14-4-5-15(27)12-26(11-14)13-6-7-16-17(10-13)22(32)28(21(16)31)18-8-9-19(29)25-20(18)30/h6-7,10,14-15,18H,4-5,8-9,11-12H2,1-3H3,(H,25,29,30)/t14-,15+,18?. The highest BCUT2D eigenvalue weighted by molar-refractivity contribution is 6.23. The molecule has 3 saturated heterocycles. The molecule has 10 nitrogen and oxygen atoms in total. The van der Waals surface area contributed by atoms with Gasteiger partial charge < -0.3 is 9.64 Å². The van der Waals surface area contributed by atoms with Crippen molar-refractivity contribution in [3.63, 3.8) is 0 Å². The predicted octanol–water partition coefficient (Wildman–Crippen LogP) is 1.68. The summed E-state index contributed by atoms with van der Waals surface area (Å²) in [5, 5.41) is 2.21. The van der Waals surface area contributed by atoms with Gasteiger partial charge in [-0.3, -0.25) is 34.3 Å². The van der Waals surface area contributed by atoms with Crippen LogP contribution < -0.4 is 10.2 Å². The number of anilines is 1. The summed E-state index contributed by atoms with van der Waals surface area (Å²) in [5.74, 6) is -2.07. The third-order valence-corrected chi connectivity index (χ3v) is 6.87. The summed E-state index contributed by atoms with van der Waals surface area (Å²) >= 11 is 0. The molecule has 4 aliphatic heterocycles. The van der Waals surface area contributed by atoms with Crippen LogP contribution in [0.4, 0.5) is 10.5 Å². The Kier molecular flexibility index (Phi) is 5.14. The van der Waals surface area contributed by atoms with Crippen LogP contribution in [0.15, 0.2) is 18.2 Å². The van der Waals surface area contributed by atoms with Gasteiger partial charge in [0, 0.05) is 25.2 Å². The molecule has 1 unspecified atom stereocenters. The first kappa shape index (κ1) is 22.4. The molecule has 1 aromatic carbocycles. The molecule has 3 atom stereocenters. The number of hydrogen-bond acceptors (Lipinski definition) is 7. The molecule has 0 radical (unpaired) electrons. The van der Waals surface area contributed by atoms with Crippen LogP contribution >= 0.6 is 0 Å². The molecule has 1 aromatic rings. The van der Waals surface area contributed by atoms with E-state index in [0.717, 1.165) is 23.4 Å². The molecule has 1 N–H and O–H groups in total. The van der Waals surface area contributed by atoms with Gasteiger partial charge in [0.2, 0.25) is 11.8 Å². The van der Waals surface area contributed by atoms with E-state index in [1.165, 1.54) is 0 Å².